The van der Waals surface area contributed by atoms with Gasteiger partial charge < -0.3 is 19.5 Å². The van der Waals surface area contributed by atoms with Crippen molar-refractivity contribution in [1.82, 2.24) is 5.43 Å². The van der Waals surface area contributed by atoms with Gasteiger partial charge in [-0.25, -0.2) is 5.43 Å². The van der Waals surface area contributed by atoms with E-state index in [4.69, 9.17) is 37.4 Å². The number of hydrogen-bond donors (Lipinski definition) is 2. The molecule has 0 atom stereocenters. The second-order valence-electron chi connectivity index (χ2n) is 6.82. The summed E-state index contributed by atoms with van der Waals surface area (Å²) in [5.74, 6) is -0.380. The first-order chi connectivity index (χ1) is 16.4. The number of nitrogens with zero attached hydrogens (tertiary/aromatic N) is 1. The standard InChI is InChI=1S/C24H21Cl2N3O5/c1-32-18-8-9-21(22(12-18)33-2)28-23(30)24(31)29-27-13-15-4-3-5-19(10-15)34-14-16-6-7-17(25)11-20(16)26/h3-13H,14H2,1-2H3,(H,28,30)(H,29,31)/b27-13+. The Bertz CT molecular complexity index is 1220. The Morgan fingerprint density at radius 2 is 1.76 bits per heavy atom. The highest BCUT2D eigenvalue weighted by molar-refractivity contribution is 6.39. The molecule has 0 saturated carbocycles. The minimum absolute atomic E-state index is 0.252. The second kappa shape index (κ2) is 11.9. The van der Waals surface area contributed by atoms with E-state index in [-0.39, 0.29) is 6.61 Å². The van der Waals surface area contributed by atoms with Crippen molar-refractivity contribution in [1.29, 1.82) is 0 Å². The highest BCUT2D eigenvalue weighted by atomic mass is 35.5. The van der Waals surface area contributed by atoms with Gasteiger partial charge in [-0.1, -0.05) is 41.4 Å². The summed E-state index contributed by atoms with van der Waals surface area (Å²) in [6, 6.07) is 17.0. The third kappa shape index (κ3) is 6.87. The lowest BCUT2D eigenvalue weighted by atomic mass is 10.2. The largest absolute Gasteiger partial charge is 0.497 e. The van der Waals surface area contributed by atoms with Crippen molar-refractivity contribution in [3.8, 4) is 17.2 Å². The van der Waals surface area contributed by atoms with Gasteiger partial charge in [-0.3, -0.25) is 9.59 Å². The molecule has 0 spiro atoms. The molecule has 0 heterocycles. The summed E-state index contributed by atoms with van der Waals surface area (Å²) in [5.41, 5.74) is 3.94. The summed E-state index contributed by atoms with van der Waals surface area (Å²) < 4.78 is 16.1. The average Bonchev–Trinajstić information content (AvgIpc) is 2.84. The molecule has 0 unspecified atom stereocenters. The van der Waals surface area contributed by atoms with Gasteiger partial charge in [0.25, 0.3) is 0 Å². The van der Waals surface area contributed by atoms with Crippen molar-refractivity contribution >= 4 is 46.9 Å². The molecule has 0 fully saturated rings. The fourth-order valence-corrected chi connectivity index (χ4v) is 3.24. The first kappa shape index (κ1) is 24.9. The van der Waals surface area contributed by atoms with Gasteiger partial charge in [-0.2, -0.15) is 5.10 Å². The molecule has 2 amide bonds. The van der Waals surface area contributed by atoms with E-state index in [1.807, 2.05) is 0 Å². The summed E-state index contributed by atoms with van der Waals surface area (Å²) in [4.78, 5) is 24.3. The molecule has 0 aliphatic heterocycles. The van der Waals surface area contributed by atoms with Crippen LogP contribution in [0.2, 0.25) is 10.0 Å². The molecule has 8 nitrogen and oxygen atoms in total. The summed E-state index contributed by atoms with van der Waals surface area (Å²) in [7, 11) is 2.95. The van der Waals surface area contributed by atoms with E-state index < -0.39 is 11.8 Å². The molecule has 0 saturated heterocycles. The predicted octanol–water partition coefficient (Wildman–Crippen LogP) is 4.68. The van der Waals surface area contributed by atoms with E-state index in [1.165, 1.54) is 20.4 Å². The van der Waals surface area contributed by atoms with Crippen LogP contribution in [0.25, 0.3) is 0 Å². The smallest absolute Gasteiger partial charge is 0.329 e. The number of benzene rings is 3. The number of carbonyl (C=O) groups is 2. The molecular formula is C24H21Cl2N3O5. The lowest BCUT2D eigenvalue weighted by molar-refractivity contribution is -0.136. The van der Waals surface area contributed by atoms with Crippen molar-refractivity contribution in [2.75, 3.05) is 19.5 Å². The van der Waals surface area contributed by atoms with Crippen LogP contribution < -0.4 is 25.0 Å². The van der Waals surface area contributed by atoms with E-state index in [9.17, 15) is 9.59 Å². The maximum atomic E-state index is 12.2. The fraction of sp³-hybridized carbons (Fsp3) is 0.125. The maximum absolute atomic E-state index is 12.2. The topological polar surface area (TPSA) is 98.2 Å². The highest BCUT2D eigenvalue weighted by Crippen LogP contribution is 2.29. The number of halogens is 2. The van der Waals surface area contributed by atoms with E-state index in [0.717, 1.165) is 5.56 Å². The summed E-state index contributed by atoms with van der Waals surface area (Å²) in [5, 5.41) is 7.36. The molecule has 3 rings (SSSR count). The molecule has 0 aliphatic rings. The van der Waals surface area contributed by atoms with E-state index in [2.05, 4.69) is 15.8 Å². The van der Waals surface area contributed by atoms with Gasteiger partial charge >= 0.3 is 11.8 Å². The van der Waals surface area contributed by atoms with Crippen LogP contribution in [-0.2, 0) is 16.2 Å². The van der Waals surface area contributed by atoms with Gasteiger partial charge in [0.1, 0.15) is 23.9 Å². The molecule has 176 valence electrons. The van der Waals surface area contributed by atoms with Crippen molar-refractivity contribution in [3.63, 3.8) is 0 Å². The Labute approximate surface area is 206 Å². The maximum Gasteiger partial charge on any atom is 0.329 e. The summed E-state index contributed by atoms with van der Waals surface area (Å²) >= 11 is 12.1. The monoisotopic (exact) mass is 501 g/mol. The fourth-order valence-electron chi connectivity index (χ4n) is 2.78. The van der Waals surface area contributed by atoms with Gasteiger partial charge in [0, 0.05) is 21.7 Å². The SMILES string of the molecule is COc1ccc(NC(=O)C(=O)N/N=C/c2cccc(OCc3ccc(Cl)cc3Cl)c2)c(OC)c1. The number of methoxy groups -OCH3 is 2. The Kier molecular flexibility index (Phi) is 8.73. The van der Waals surface area contributed by atoms with Crippen LogP contribution in [0.1, 0.15) is 11.1 Å². The Hall–Kier alpha value is -3.75. The van der Waals surface area contributed by atoms with Crippen molar-refractivity contribution < 1.29 is 23.8 Å². The first-order valence-corrected chi connectivity index (χ1v) is 10.7. The number of nitrogens with one attached hydrogen (secondary N) is 2. The summed E-state index contributed by atoms with van der Waals surface area (Å²) in [6.07, 6.45) is 1.39. The van der Waals surface area contributed by atoms with Crippen LogP contribution in [0.3, 0.4) is 0 Å². The third-order valence-electron chi connectivity index (χ3n) is 4.51. The molecule has 0 bridgehead atoms. The van der Waals surface area contributed by atoms with Gasteiger partial charge in [0.15, 0.2) is 0 Å². The zero-order valence-electron chi connectivity index (χ0n) is 18.3. The van der Waals surface area contributed by atoms with Crippen LogP contribution in [0.4, 0.5) is 5.69 Å². The number of carbonyl (C=O) groups excluding carboxylic acids is 2. The van der Waals surface area contributed by atoms with E-state index in [0.29, 0.717) is 38.5 Å². The molecule has 0 aromatic heterocycles. The molecule has 3 aromatic carbocycles. The Morgan fingerprint density at radius 3 is 2.50 bits per heavy atom. The first-order valence-electron chi connectivity index (χ1n) is 9.93. The Morgan fingerprint density at radius 1 is 0.941 bits per heavy atom. The minimum Gasteiger partial charge on any atom is -0.497 e. The van der Waals surface area contributed by atoms with Crippen LogP contribution >= 0.6 is 23.2 Å². The number of anilines is 1. The zero-order chi connectivity index (χ0) is 24.5. The molecule has 34 heavy (non-hydrogen) atoms. The number of rotatable bonds is 8. The molecule has 3 aromatic rings. The van der Waals surface area contributed by atoms with Crippen molar-refractivity contribution in [3.05, 3.63) is 81.8 Å². The van der Waals surface area contributed by atoms with E-state index >= 15 is 0 Å². The number of ether oxygens (including phenoxy) is 3. The molecule has 10 heteroatoms. The molecule has 2 N–H and O–H groups in total. The second-order valence-corrected chi connectivity index (χ2v) is 7.66. The van der Waals surface area contributed by atoms with Crippen molar-refractivity contribution in [2.45, 2.75) is 6.61 Å². The highest BCUT2D eigenvalue weighted by Gasteiger charge is 2.15. The van der Waals surface area contributed by atoms with Gasteiger partial charge in [-0.05, 0) is 42.0 Å². The molecular weight excluding hydrogens is 481 g/mol. The average molecular weight is 502 g/mol. The molecule has 0 aliphatic carbocycles. The van der Waals surface area contributed by atoms with Gasteiger partial charge in [-0.15, -0.1) is 0 Å². The lowest BCUT2D eigenvalue weighted by Crippen LogP contribution is -2.32. The number of hydrazone groups is 1. The van der Waals surface area contributed by atoms with Crippen LogP contribution in [0.5, 0.6) is 17.2 Å². The van der Waals surface area contributed by atoms with Crippen LogP contribution in [-0.4, -0.2) is 32.2 Å². The quantitative estimate of drug-likeness (QED) is 0.265. The third-order valence-corrected chi connectivity index (χ3v) is 5.10. The summed E-state index contributed by atoms with van der Waals surface area (Å²) in [6.45, 7) is 0.252. The van der Waals surface area contributed by atoms with Gasteiger partial charge in [0.2, 0.25) is 0 Å². The zero-order valence-corrected chi connectivity index (χ0v) is 19.8. The Balaban J connectivity index is 1.55. The number of amides is 2. The van der Waals surface area contributed by atoms with E-state index in [1.54, 1.807) is 60.7 Å². The predicted molar refractivity (Wildman–Crippen MR) is 131 cm³/mol. The van der Waals surface area contributed by atoms with Gasteiger partial charge in [0.05, 0.1) is 26.1 Å². The van der Waals surface area contributed by atoms with Crippen LogP contribution in [0, 0.1) is 0 Å². The lowest BCUT2D eigenvalue weighted by Gasteiger charge is -2.11. The normalized spacial score (nSPS) is 10.6. The van der Waals surface area contributed by atoms with Crippen LogP contribution in [0.15, 0.2) is 65.8 Å². The number of hydrogen-bond acceptors (Lipinski definition) is 6. The van der Waals surface area contributed by atoms with Crippen molar-refractivity contribution in [2.24, 2.45) is 5.10 Å². The minimum atomic E-state index is -0.945. The molecule has 0 radical (unpaired) electrons.